The van der Waals surface area contributed by atoms with Gasteiger partial charge in [-0.15, -0.1) is 0 Å². The maximum atomic E-state index is 10.6. The van der Waals surface area contributed by atoms with Gasteiger partial charge in [0.15, 0.2) is 12.6 Å². The summed E-state index contributed by atoms with van der Waals surface area (Å²) in [5, 5.41) is 173. The zero-order valence-electron chi connectivity index (χ0n) is 26.3. The van der Waals surface area contributed by atoms with Crippen molar-refractivity contribution in [3.8, 4) is 0 Å². The van der Waals surface area contributed by atoms with Crippen LogP contribution >= 0.6 is 0 Å². The van der Waals surface area contributed by atoms with E-state index in [0.29, 0.717) is 0 Å². The Kier molecular flexibility index (Phi) is 27.2. The van der Waals surface area contributed by atoms with Crippen LogP contribution in [-0.4, -0.2) is 279 Å². The van der Waals surface area contributed by atoms with Gasteiger partial charge in [-0.25, -0.2) is 0 Å². The molecule has 0 aromatic rings. The molecule has 2 saturated heterocycles. The van der Waals surface area contributed by atoms with E-state index in [1.165, 1.54) is 0 Å². The summed E-state index contributed by atoms with van der Waals surface area (Å²) in [5.74, 6) is -4.18. The molecule has 0 unspecified atom stereocenters. The molecule has 0 saturated carbocycles. The first-order chi connectivity index (χ1) is 22.3. The van der Waals surface area contributed by atoms with Gasteiger partial charge in [0, 0.05) is 0 Å². The monoisotopic (exact) mass is 790 g/mol. The Bertz CT molecular complexity index is 890. The standard InChI is InChI=1S/2C12H22O12.Ca.2H2O/c2*13-1-3(15)10(7(18)8(19)11(21)22)24-12-9(20)6(17)5(16)4(2-14)23-12;;;/h2*3-10,12-20H,1-2H2,(H,21,22);;2*1H2/q;;+2;;/p-2/t2*3-,4-,5+,6+,7-,8-,9-,10-,12+;;;/m11.../s1. The molecule has 0 spiro atoms. The van der Waals surface area contributed by atoms with Gasteiger partial charge in [0.05, 0.1) is 38.4 Å². The molecule has 0 aromatic carbocycles. The number of carbonyl (C=O) groups is 2. The molecule has 27 heteroatoms. The largest absolute Gasteiger partial charge is 2.00 e. The summed E-state index contributed by atoms with van der Waals surface area (Å²) in [6.45, 7) is -3.58. The van der Waals surface area contributed by atoms with Gasteiger partial charge in [0.25, 0.3) is 0 Å². The maximum Gasteiger partial charge on any atom is 2.00 e. The fraction of sp³-hybridized carbons (Fsp3) is 0.917. The Morgan fingerprint density at radius 1 is 0.549 bits per heavy atom. The molecule has 20 N–H and O–H groups in total. The molecule has 300 valence electrons. The van der Waals surface area contributed by atoms with E-state index < -0.39 is 149 Å². The second-order valence-corrected chi connectivity index (χ2v) is 10.6. The molecule has 51 heavy (non-hydrogen) atoms. The summed E-state index contributed by atoms with van der Waals surface area (Å²) in [4.78, 5) is 21.2. The Morgan fingerprint density at radius 3 is 1.04 bits per heavy atom. The van der Waals surface area contributed by atoms with E-state index in [4.69, 9.17) is 39.4 Å². The average molecular weight is 791 g/mol. The smallest absolute Gasteiger partial charge is 0.547 e. The zero-order chi connectivity index (χ0) is 37.2. The number of ether oxygens (including phenoxy) is 4. The van der Waals surface area contributed by atoms with Crippen LogP contribution < -0.4 is 10.2 Å². The predicted octanol–water partition coefficient (Wildman–Crippen LogP) is -16.0. The van der Waals surface area contributed by atoms with Crippen molar-refractivity contribution in [1.82, 2.24) is 0 Å². The van der Waals surface area contributed by atoms with E-state index in [1.807, 2.05) is 0 Å². The van der Waals surface area contributed by atoms with Crippen molar-refractivity contribution in [1.29, 1.82) is 0 Å². The molecule has 2 aliphatic heterocycles. The van der Waals surface area contributed by atoms with Crippen LogP contribution in [0.5, 0.6) is 0 Å². The molecule has 2 aliphatic rings. The van der Waals surface area contributed by atoms with Crippen LogP contribution in [0.4, 0.5) is 0 Å². The molecule has 26 nitrogen and oxygen atoms in total. The molecule has 2 fully saturated rings. The number of aliphatic carboxylic acids is 2. The normalized spacial score (nSPS) is 33.8. The molecule has 2 rings (SSSR count). The van der Waals surface area contributed by atoms with E-state index >= 15 is 0 Å². The third kappa shape index (κ3) is 14.5. The van der Waals surface area contributed by atoms with Crippen molar-refractivity contribution < 1.29 is 131 Å². The van der Waals surface area contributed by atoms with E-state index in [-0.39, 0.29) is 48.7 Å². The molecule has 0 aliphatic carbocycles. The van der Waals surface area contributed by atoms with Gasteiger partial charge in [-0.1, -0.05) is 0 Å². The van der Waals surface area contributed by atoms with Crippen LogP contribution in [0.3, 0.4) is 0 Å². The molecule has 0 aromatic heterocycles. The number of carboxylic acid groups (broad SMARTS) is 2. The molecule has 18 atom stereocenters. The van der Waals surface area contributed by atoms with Gasteiger partial charge in [-0.05, 0) is 0 Å². The summed E-state index contributed by atoms with van der Waals surface area (Å²) >= 11 is 0. The van der Waals surface area contributed by atoms with Gasteiger partial charge < -0.3 is 131 Å². The fourth-order valence-corrected chi connectivity index (χ4v) is 4.31. The molecule has 0 bridgehead atoms. The minimum Gasteiger partial charge on any atom is -0.547 e. The van der Waals surface area contributed by atoms with Gasteiger partial charge in [-0.2, -0.15) is 0 Å². The number of rotatable bonds is 16. The minimum atomic E-state index is -2.50. The number of hydrogen-bond donors (Lipinski definition) is 16. The number of aliphatic hydroxyl groups excluding tert-OH is 16. The summed E-state index contributed by atoms with van der Waals surface area (Å²) in [5.41, 5.74) is 0. The minimum absolute atomic E-state index is 0. The second kappa shape index (κ2) is 25.4. The Hall–Kier alpha value is -0.680. The van der Waals surface area contributed by atoms with Crippen molar-refractivity contribution in [2.24, 2.45) is 0 Å². The number of aliphatic hydroxyl groups is 16. The van der Waals surface area contributed by atoms with Crippen molar-refractivity contribution in [3.05, 3.63) is 0 Å². The third-order valence-corrected chi connectivity index (χ3v) is 7.22. The van der Waals surface area contributed by atoms with E-state index in [0.717, 1.165) is 0 Å². The first-order valence-electron chi connectivity index (χ1n) is 13.9. The van der Waals surface area contributed by atoms with Crippen LogP contribution in [0.15, 0.2) is 0 Å². The predicted molar refractivity (Wildman–Crippen MR) is 150 cm³/mol. The Morgan fingerprint density at radius 2 is 0.824 bits per heavy atom. The Balaban J connectivity index is -0.000000853. The SMILES string of the molecule is O.O.O=C([O-])[C@H](O)[C@@H](O)[C@H](O[C@@H]1O[C@H](CO)[C@H](O)[C@H](O)[C@H]1O)[C@H](O)CO.O=C([O-])[C@H](O)[C@@H](O)[C@H](O[C@@H]1O[C@H](CO)[C@H](O)[C@H](O)[C@H]1O)[C@H](O)CO.[Ca+2]. The van der Waals surface area contributed by atoms with Crippen LogP contribution in [-0.2, 0) is 28.5 Å². The summed E-state index contributed by atoms with van der Waals surface area (Å²) in [7, 11) is 0. The van der Waals surface area contributed by atoms with E-state index in [9.17, 15) is 81.1 Å². The van der Waals surface area contributed by atoms with Gasteiger partial charge >= 0.3 is 37.7 Å². The zero-order valence-corrected chi connectivity index (χ0v) is 28.6. The van der Waals surface area contributed by atoms with Gasteiger partial charge in [0.1, 0.15) is 97.7 Å². The van der Waals surface area contributed by atoms with Crippen LogP contribution in [0.1, 0.15) is 0 Å². The Labute approximate surface area is 316 Å². The molecular weight excluding hydrogens is 744 g/mol. The number of carboxylic acids is 2. The van der Waals surface area contributed by atoms with E-state index in [1.54, 1.807) is 0 Å². The average Bonchev–Trinajstić information content (AvgIpc) is 3.07. The summed E-state index contributed by atoms with van der Waals surface area (Å²) in [6.07, 6.45) is -34.5. The molecule has 2 heterocycles. The first kappa shape index (κ1) is 54.7. The van der Waals surface area contributed by atoms with Crippen LogP contribution in [0.2, 0.25) is 0 Å². The van der Waals surface area contributed by atoms with Crippen molar-refractivity contribution in [2.75, 3.05) is 26.4 Å². The second-order valence-electron chi connectivity index (χ2n) is 10.6. The van der Waals surface area contributed by atoms with Crippen molar-refractivity contribution in [2.45, 2.75) is 110 Å². The van der Waals surface area contributed by atoms with E-state index in [2.05, 4.69) is 0 Å². The van der Waals surface area contributed by atoms with Crippen molar-refractivity contribution >= 4 is 49.7 Å². The quantitative estimate of drug-likeness (QED) is 0.0645. The molecule has 0 amide bonds. The topological polar surface area (TPSA) is 504 Å². The number of hydrogen-bond acceptors (Lipinski definition) is 24. The third-order valence-electron chi connectivity index (χ3n) is 7.22. The summed E-state index contributed by atoms with van der Waals surface area (Å²) in [6, 6.07) is 0. The number of carbonyl (C=O) groups excluding carboxylic acids is 2. The maximum absolute atomic E-state index is 10.6. The summed E-state index contributed by atoms with van der Waals surface area (Å²) < 4.78 is 19.9. The van der Waals surface area contributed by atoms with Crippen LogP contribution in [0.25, 0.3) is 0 Å². The fourth-order valence-electron chi connectivity index (χ4n) is 4.31. The molecule has 0 radical (unpaired) electrons. The van der Waals surface area contributed by atoms with Crippen LogP contribution in [0, 0.1) is 0 Å². The van der Waals surface area contributed by atoms with Crippen molar-refractivity contribution in [3.63, 3.8) is 0 Å². The van der Waals surface area contributed by atoms with Gasteiger partial charge in [0.2, 0.25) is 0 Å². The molecular formula is C24H46CaO26. The first-order valence-corrected chi connectivity index (χ1v) is 13.9. The van der Waals surface area contributed by atoms with Gasteiger partial charge in [-0.3, -0.25) is 0 Å².